The van der Waals surface area contributed by atoms with Gasteiger partial charge in [-0.25, -0.2) is 9.97 Å². The zero-order chi connectivity index (χ0) is 14.5. The zero-order valence-electron chi connectivity index (χ0n) is 12.6. The highest BCUT2D eigenvalue weighted by molar-refractivity contribution is 5.48. The molecule has 0 saturated carbocycles. The Hall–Kier alpha value is -1.36. The molecule has 1 aromatic rings. The highest BCUT2D eigenvalue weighted by Gasteiger charge is 2.19. The summed E-state index contributed by atoms with van der Waals surface area (Å²) in [6.45, 7) is 11.6. The second-order valence-electron chi connectivity index (χ2n) is 5.69. The minimum Gasteiger partial charge on any atom is -0.391 e. The first kappa shape index (κ1) is 15.7. The van der Waals surface area contributed by atoms with Gasteiger partial charge in [0.1, 0.15) is 17.5 Å². The van der Waals surface area contributed by atoms with Gasteiger partial charge in [0, 0.05) is 24.6 Å². The van der Waals surface area contributed by atoms with E-state index in [1.165, 1.54) is 0 Å². The Kier molecular flexibility index (Phi) is 5.54. The molecular weight excluding hydrogens is 240 g/mol. The number of nitrogens with one attached hydrogen (secondary N) is 2. The lowest BCUT2D eigenvalue weighted by Crippen LogP contribution is -2.22. The molecule has 0 fully saturated rings. The predicted octanol–water partition coefficient (Wildman–Crippen LogP) is 2.39. The lowest BCUT2D eigenvalue weighted by atomic mass is 9.96. The van der Waals surface area contributed by atoms with E-state index in [-0.39, 0.29) is 11.5 Å². The largest absolute Gasteiger partial charge is 0.391 e. The van der Waals surface area contributed by atoms with Crippen molar-refractivity contribution in [3.05, 3.63) is 11.9 Å². The highest BCUT2D eigenvalue weighted by atomic mass is 16.3. The first-order valence-electron chi connectivity index (χ1n) is 6.92. The first-order chi connectivity index (χ1) is 8.86. The summed E-state index contributed by atoms with van der Waals surface area (Å²) in [4.78, 5) is 9.04. The fraction of sp³-hybridized carbons (Fsp3) is 0.714. The van der Waals surface area contributed by atoms with Gasteiger partial charge in [-0.3, -0.25) is 0 Å². The van der Waals surface area contributed by atoms with Crippen LogP contribution >= 0.6 is 0 Å². The number of nitrogens with zero attached hydrogens (tertiary/aromatic N) is 2. The van der Waals surface area contributed by atoms with Gasteiger partial charge in [0.2, 0.25) is 0 Å². The molecule has 1 rings (SSSR count). The Balaban J connectivity index is 2.93. The maximum absolute atomic E-state index is 9.60. The van der Waals surface area contributed by atoms with Crippen LogP contribution < -0.4 is 10.6 Å². The summed E-state index contributed by atoms with van der Waals surface area (Å²) in [6, 6.07) is 1.88. The molecule has 0 saturated heterocycles. The SMILES string of the molecule is CCNc1cc(NCC(O)CC)nc(C(C)(C)C)n1. The second-order valence-corrected chi connectivity index (χ2v) is 5.69. The lowest BCUT2D eigenvalue weighted by molar-refractivity contribution is 0.183. The molecule has 3 N–H and O–H groups in total. The number of hydrogen-bond donors (Lipinski definition) is 3. The average Bonchev–Trinajstić information content (AvgIpc) is 2.35. The Morgan fingerprint density at radius 3 is 2.21 bits per heavy atom. The number of anilines is 2. The lowest BCUT2D eigenvalue weighted by Gasteiger charge is -2.19. The summed E-state index contributed by atoms with van der Waals surface area (Å²) in [5.41, 5.74) is -0.106. The molecule has 108 valence electrons. The topological polar surface area (TPSA) is 70.1 Å². The third-order valence-corrected chi connectivity index (χ3v) is 2.74. The normalized spacial score (nSPS) is 13.2. The van der Waals surface area contributed by atoms with Gasteiger partial charge in [0.25, 0.3) is 0 Å². The van der Waals surface area contributed by atoms with Crippen LogP contribution in [0.15, 0.2) is 6.07 Å². The van der Waals surface area contributed by atoms with Crippen molar-refractivity contribution in [1.29, 1.82) is 0 Å². The van der Waals surface area contributed by atoms with Crippen molar-refractivity contribution in [2.24, 2.45) is 0 Å². The number of aromatic nitrogens is 2. The van der Waals surface area contributed by atoms with Crippen molar-refractivity contribution in [2.75, 3.05) is 23.7 Å². The van der Waals surface area contributed by atoms with E-state index >= 15 is 0 Å². The van der Waals surface area contributed by atoms with Crippen LogP contribution in [0.4, 0.5) is 11.6 Å². The molecule has 0 aliphatic rings. The molecule has 0 spiro atoms. The Labute approximate surface area is 115 Å². The summed E-state index contributed by atoms with van der Waals surface area (Å²) in [5.74, 6) is 2.36. The first-order valence-corrected chi connectivity index (χ1v) is 6.92. The molecule has 0 aliphatic heterocycles. The van der Waals surface area contributed by atoms with Gasteiger partial charge in [-0.05, 0) is 13.3 Å². The molecule has 5 nitrogen and oxygen atoms in total. The molecule has 0 aromatic carbocycles. The smallest absolute Gasteiger partial charge is 0.138 e. The number of aliphatic hydroxyl groups is 1. The van der Waals surface area contributed by atoms with Gasteiger partial charge < -0.3 is 15.7 Å². The number of hydrogen-bond acceptors (Lipinski definition) is 5. The van der Waals surface area contributed by atoms with E-state index in [1.807, 2.05) is 19.9 Å². The van der Waals surface area contributed by atoms with E-state index in [2.05, 4.69) is 41.4 Å². The van der Waals surface area contributed by atoms with Crippen molar-refractivity contribution in [2.45, 2.75) is 52.6 Å². The van der Waals surface area contributed by atoms with E-state index in [0.717, 1.165) is 30.4 Å². The second kappa shape index (κ2) is 6.70. The molecule has 0 bridgehead atoms. The van der Waals surface area contributed by atoms with Crippen LogP contribution in [0.25, 0.3) is 0 Å². The van der Waals surface area contributed by atoms with Gasteiger partial charge in [-0.15, -0.1) is 0 Å². The van der Waals surface area contributed by atoms with Crippen molar-refractivity contribution in [3.63, 3.8) is 0 Å². The van der Waals surface area contributed by atoms with E-state index in [4.69, 9.17) is 0 Å². The Morgan fingerprint density at radius 1 is 1.16 bits per heavy atom. The number of rotatable bonds is 6. The van der Waals surface area contributed by atoms with Crippen LogP contribution in [-0.4, -0.2) is 34.3 Å². The summed E-state index contributed by atoms with van der Waals surface area (Å²) in [7, 11) is 0. The zero-order valence-corrected chi connectivity index (χ0v) is 12.6. The molecule has 0 amide bonds. The monoisotopic (exact) mass is 266 g/mol. The fourth-order valence-corrected chi connectivity index (χ4v) is 1.51. The van der Waals surface area contributed by atoms with Gasteiger partial charge >= 0.3 is 0 Å². The standard InChI is InChI=1S/C14H26N4O/c1-6-10(19)9-16-12-8-11(15-7-2)17-13(18-12)14(3,4)5/h8,10,19H,6-7,9H2,1-5H3,(H2,15,16,17,18). The van der Waals surface area contributed by atoms with Crippen LogP contribution in [0.5, 0.6) is 0 Å². The van der Waals surface area contributed by atoms with Crippen molar-refractivity contribution >= 4 is 11.6 Å². The molecule has 0 radical (unpaired) electrons. The van der Waals surface area contributed by atoms with E-state index in [0.29, 0.717) is 6.54 Å². The van der Waals surface area contributed by atoms with E-state index in [9.17, 15) is 5.11 Å². The molecule has 0 aliphatic carbocycles. The third-order valence-electron chi connectivity index (χ3n) is 2.74. The van der Waals surface area contributed by atoms with Crippen LogP contribution in [0.1, 0.15) is 46.9 Å². The van der Waals surface area contributed by atoms with Crippen LogP contribution in [-0.2, 0) is 5.41 Å². The maximum Gasteiger partial charge on any atom is 0.138 e. The summed E-state index contributed by atoms with van der Waals surface area (Å²) >= 11 is 0. The molecule has 1 aromatic heterocycles. The minimum atomic E-state index is -0.351. The van der Waals surface area contributed by atoms with E-state index in [1.54, 1.807) is 0 Å². The summed E-state index contributed by atoms with van der Waals surface area (Å²) in [5, 5.41) is 16.0. The molecule has 19 heavy (non-hydrogen) atoms. The molecule has 1 heterocycles. The Bertz CT molecular complexity index is 401. The van der Waals surface area contributed by atoms with Gasteiger partial charge in [-0.2, -0.15) is 0 Å². The minimum absolute atomic E-state index is 0.106. The van der Waals surface area contributed by atoms with Crippen molar-refractivity contribution in [3.8, 4) is 0 Å². The average molecular weight is 266 g/mol. The van der Waals surface area contributed by atoms with Crippen LogP contribution in [0.2, 0.25) is 0 Å². The summed E-state index contributed by atoms with van der Waals surface area (Å²) in [6.07, 6.45) is 0.375. The van der Waals surface area contributed by atoms with Gasteiger partial charge in [0.05, 0.1) is 6.10 Å². The molecule has 1 unspecified atom stereocenters. The van der Waals surface area contributed by atoms with Crippen LogP contribution in [0.3, 0.4) is 0 Å². The van der Waals surface area contributed by atoms with Crippen molar-refractivity contribution < 1.29 is 5.11 Å². The molecule has 1 atom stereocenters. The molecular formula is C14H26N4O. The van der Waals surface area contributed by atoms with Gasteiger partial charge in [0.15, 0.2) is 0 Å². The van der Waals surface area contributed by atoms with E-state index < -0.39 is 0 Å². The quantitative estimate of drug-likeness (QED) is 0.737. The van der Waals surface area contributed by atoms with Gasteiger partial charge in [-0.1, -0.05) is 27.7 Å². The summed E-state index contributed by atoms with van der Waals surface area (Å²) < 4.78 is 0. The fourth-order valence-electron chi connectivity index (χ4n) is 1.51. The van der Waals surface area contributed by atoms with Crippen molar-refractivity contribution in [1.82, 2.24) is 9.97 Å². The third kappa shape index (κ3) is 5.03. The Morgan fingerprint density at radius 2 is 1.74 bits per heavy atom. The van der Waals surface area contributed by atoms with Crippen LogP contribution in [0, 0.1) is 0 Å². The predicted molar refractivity (Wildman–Crippen MR) is 79.7 cm³/mol. The maximum atomic E-state index is 9.60. The highest BCUT2D eigenvalue weighted by Crippen LogP contribution is 2.22. The number of aliphatic hydroxyl groups excluding tert-OH is 1. The molecule has 5 heteroatoms.